The van der Waals surface area contributed by atoms with Crippen LogP contribution in [0.15, 0.2) is 62.7 Å². The van der Waals surface area contributed by atoms with Gasteiger partial charge < -0.3 is 4.42 Å². The van der Waals surface area contributed by atoms with Gasteiger partial charge in [-0.25, -0.2) is 9.78 Å². The Kier molecular flexibility index (Phi) is 4.47. The highest BCUT2D eigenvalue weighted by molar-refractivity contribution is 5.78. The SMILES string of the molecule is Cc1cccc(Cn2c(=O)c3c(C)cc(C)nc3n(Cc3ccco3)c2=O)c1. The first-order valence-corrected chi connectivity index (χ1v) is 9.13. The molecule has 0 bridgehead atoms. The van der Waals surface area contributed by atoms with Crippen LogP contribution < -0.4 is 11.2 Å². The van der Waals surface area contributed by atoms with E-state index in [1.165, 1.54) is 9.13 Å². The van der Waals surface area contributed by atoms with Gasteiger partial charge in [0.2, 0.25) is 0 Å². The third kappa shape index (κ3) is 3.17. The number of hydrogen-bond acceptors (Lipinski definition) is 4. The number of benzene rings is 1. The van der Waals surface area contributed by atoms with Gasteiger partial charge in [-0.05, 0) is 50.1 Å². The van der Waals surface area contributed by atoms with Crippen molar-refractivity contribution in [3.63, 3.8) is 0 Å². The molecule has 3 aromatic heterocycles. The molecule has 4 aromatic rings. The van der Waals surface area contributed by atoms with Crippen LogP contribution in [0.1, 0.15) is 28.1 Å². The summed E-state index contributed by atoms with van der Waals surface area (Å²) < 4.78 is 8.23. The quantitative estimate of drug-likeness (QED) is 0.549. The van der Waals surface area contributed by atoms with Gasteiger partial charge >= 0.3 is 5.69 Å². The summed E-state index contributed by atoms with van der Waals surface area (Å²) >= 11 is 0. The molecule has 0 saturated heterocycles. The van der Waals surface area contributed by atoms with Gasteiger partial charge in [-0.15, -0.1) is 0 Å². The van der Waals surface area contributed by atoms with Crippen LogP contribution in [0.4, 0.5) is 0 Å². The highest BCUT2D eigenvalue weighted by Gasteiger charge is 2.18. The highest BCUT2D eigenvalue weighted by atomic mass is 16.3. The maximum absolute atomic E-state index is 13.3. The van der Waals surface area contributed by atoms with Gasteiger partial charge in [-0.1, -0.05) is 29.8 Å². The Morgan fingerprint density at radius 1 is 0.964 bits per heavy atom. The van der Waals surface area contributed by atoms with Gasteiger partial charge in [0.1, 0.15) is 5.76 Å². The third-order valence-corrected chi connectivity index (χ3v) is 4.82. The van der Waals surface area contributed by atoms with Crippen molar-refractivity contribution in [2.75, 3.05) is 0 Å². The van der Waals surface area contributed by atoms with Crippen LogP contribution >= 0.6 is 0 Å². The zero-order valence-electron chi connectivity index (χ0n) is 16.1. The zero-order chi connectivity index (χ0) is 19.8. The molecule has 0 aliphatic heterocycles. The molecule has 28 heavy (non-hydrogen) atoms. The summed E-state index contributed by atoms with van der Waals surface area (Å²) in [5, 5.41) is 0.462. The second-order valence-corrected chi connectivity index (χ2v) is 7.11. The smallest absolute Gasteiger partial charge is 0.333 e. The summed E-state index contributed by atoms with van der Waals surface area (Å²) in [4.78, 5) is 31.0. The van der Waals surface area contributed by atoms with Crippen molar-refractivity contribution in [3.8, 4) is 0 Å². The third-order valence-electron chi connectivity index (χ3n) is 4.82. The van der Waals surface area contributed by atoms with E-state index in [1.54, 1.807) is 18.4 Å². The van der Waals surface area contributed by atoms with Crippen molar-refractivity contribution >= 4 is 11.0 Å². The molecule has 0 aliphatic carbocycles. The Bertz CT molecular complexity index is 1280. The molecular weight excluding hydrogens is 354 g/mol. The number of fused-ring (bicyclic) bond motifs is 1. The number of rotatable bonds is 4. The lowest BCUT2D eigenvalue weighted by Gasteiger charge is -2.15. The van der Waals surface area contributed by atoms with Gasteiger partial charge in [0.25, 0.3) is 5.56 Å². The number of aryl methyl sites for hydroxylation is 3. The van der Waals surface area contributed by atoms with E-state index in [0.29, 0.717) is 16.8 Å². The summed E-state index contributed by atoms with van der Waals surface area (Å²) in [6.07, 6.45) is 1.56. The van der Waals surface area contributed by atoms with E-state index in [0.717, 1.165) is 22.4 Å². The predicted octanol–water partition coefficient (Wildman–Crippen LogP) is 3.17. The maximum atomic E-state index is 13.3. The van der Waals surface area contributed by atoms with Crippen molar-refractivity contribution in [3.05, 3.63) is 97.7 Å². The molecule has 4 rings (SSSR count). The Morgan fingerprint density at radius 3 is 2.50 bits per heavy atom. The lowest BCUT2D eigenvalue weighted by molar-refractivity contribution is 0.484. The van der Waals surface area contributed by atoms with Gasteiger partial charge in [-0.2, -0.15) is 0 Å². The number of aromatic nitrogens is 3. The minimum absolute atomic E-state index is 0.209. The molecule has 0 radical (unpaired) electrons. The summed E-state index contributed by atoms with van der Waals surface area (Å²) in [5.41, 5.74) is 3.23. The Balaban J connectivity index is 2.00. The normalized spacial score (nSPS) is 11.2. The molecule has 0 aliphatic rings. The molecule has 1 aromatic carbocycles. The molecule has 0 saturated carbocycles. The molecular formula is C22H21N3O3. The predicted molar refractivity (Wildman–Crippen MR) is 108 cm³/mol. The topological polar surface area (TPSA) is 70.0 Å². The number of hydrogen-bond donors (Lipinski definition) is 0. The van der Waals surface area contributed by atoms with Crippen molar-refractivity contribution < 1.29 is 4.42 Å². The van der Waals surface area contributed by atoms with E-state index in [-0.39, 0.29) is 18.6 Å². The van der Waals surface area contributed by atoms with Crippen molar-refractivity contribution in [2.24, 2.45) is 0 Å². The molecule has 0 atom stereocenters. The largest absolute Gasteiger partial charge is 0.467 e. The first-order valence-electron chi connectivity index (χ1n) is 9.13. The Morgan fingerprint density at radius 2 is 1.79 bits per heavy atom. The number of nitrogens with zero attached hydrogens (tertiary/aromatic N) is 3. The summed E-state index contributed by atoms with van der Waals surface area (Å²) in [6, 6.07) is 13.2. The Labute approximate surface area is 161 Å². The summed E-state index contributed by atoms with van der Waals surface area (Å²) in [6.45, 7) is 6.13. The average molecular weight is 375 g/mol. The average Bonchev–Trinajstić information content (AvgIpc) is 3.15. The minimum Gasteiger partial charge on any atom is -0.467 e. The van der Waals surface area contributed by atoms with Gasteiger partial charge in [0.15, 0.2) is 5.65 Å². The van der Waals surface area contributed by atoms with E-state index in [4.69, 9.17) is 4.42 Å². The summed E-state index contributed by atoms with van der Waals surface area (Å²) in [7, 11) is 0. The van der Waals surface area contributed by atoms with E-state index >= 15 is 0 Å². The molecule has 0 amide bonds. The van der Waals surface area contributed by atoms with Crippen LogP contribution in [-0.4, -0.2) is 14.1 Å². The van der Waals surface area contributed by atoms with E-state index in [1.807, 2.05) is 51.1 Å². The summed E-state index contributed by atoms with van der Waals surface area (Å²) in [5.74, 6) is 0.630. The van der Waals surface area contributed by atoms with Crippen LogP contribution in [0.25, 0.3) is 11.0 Å². The second-order valence-electron chi connectivity index (χ2n) is 7.11. The van der Waals surface area contributed by atoms with Crippen molar-refractivity contribution in [2.45, 2.75) is 33.9 Å². The van der Waals surface area contributed by atoms with Crippen LogP contribution in [-0.2, 0) is 13.1 Å². The lowest BCUT2D eigenvalue weighted by Crippen LogP contribution is -2.41. The van der Waals surface area contributed by atoms with Gasteiger partial charge in [0.05, 0.1) is 24.7 Å². The molecule has 6 heteroatoms. The zero-order valence-corrected chi connectivity index (χ0v) is 16.1. The Hall–Kier alpha value is -3.41. The number of furan rings is 1. The molecule has 0 fully saturated rings. The first-order chi connectivity index (χ1) is 13.4. The molecule has 0 unspecified atom stereocenters. The fourth-order valence-electron chi connectivity index (χ4n) is 3.57. The second kappa shape index (κ2) is 6.96. The van der Waals surface area contributed by atoms with Crippen molar-refractivity contribution in [1.82, 2.24) is 14.1 Å². The molecule has 6 nitrogen and oxygen atoms in total. The van der Waals surface area contributed by atoms with Crippen molar-refractivity contribution in [1.29, 1.82) is 0 Å². The van der Waals surface area contributed by atoms with Gasteiger partial charge in [0, 0.05) is 5.69 Å². The fraction of sp³-hybridized carbons (Fsp3) is 0.227. The maximum Gasteiger partial charge on any atom is 0.333 e. The van der Waals surface area contributed by atoms with E-state index in [9.17, 15) is 9.59 Å². The van der Waals surface area contributed by atoms with Crippen LogP contribution in [0.2, 0.25) is 0 Å². The van der Waals surface area contributed by atoms with Crippen LogP contribution in [0.3, 0.4) is 0 Å². The first kappa shape index (κ1) is 18.0. The lowest BCUT2D eigenvalue weighted by atomic mass is 10.1. The van der Waals surface area contributed by atoms with E-state index in [2.05, 4.69) is 4.98 Å². The molecule has 3 heterocycles. The minimum atomic E-state index is -0.395. The van der Waals surface area contributed by atoms with Crippen LogP contribution in [0.5, 0.6) is 0 Å². The van der Waals surface area contributed by atoms with Gasteiger partial charge in [-0.3, -0.25) is 13.9 Å². The molecule has 0 N–H and O–H groups in total. The fourth-order valence-corrected chi connectivity index (χ4v) is 3.57. The standard InChI is InChI=1S/C22H21N3O3/c1-14-6-4-7-17(10-14)12-25-21(26)19-15(2)11-16(3)23-20(19)24(22(25)27)13-18-8-5-9-28-18/h4-11H,12-13H2,1-3H3. The molecule has 0 spiro atoms. The van der Waals surface area contributed by atoms with Crippen LogP contribution in [0, 0.1) is 20.8 Å². The number of pyridine rings is 1. The monoisotopic (exact) mass is 375 g/mol. The highest BCUT2D eigenvalue weighted by Crippen LogP contribution is 2.15. The molecule has 142 valence electrons. The van der Waals surface area contributed by atoms with E-state index < -0.39 is 5.69 Å².